The molecule has 12 heavy (non-hydrogen) atoms. The zero-order valence-electron chi connectivity index (χ0n) is 7.20. The molecule has 1 saturated heterocycles. The number of hydrogen-bond acceptors (Lipinski definition) is 3. The molecular formula is C7H13NO3S. The van der Waals surface area contributed by atoms with Gasteiger partial charge in [-0.3, -0.25) is 9.52 Å². The molecule has 4 nitrogen and oxygen atoms in total. The number of carbonyl (C=O) groups is 1. The minimum atomic E-state index is -3.30. The summed E-state index contributed by atoms with van der Waals surface area (Å²) in [4.78, 5) is 11.1. The quantitative estimate of drug-likeness (QED) is 0.673. The third kappa shape index (κ3) is 1.77. The maximum atomic E-state index is 11.1. The van der Waals surface area contributed by atoms with Crippen LogP contribution in [0.2, 0.25) is 0 Å². The number of hydrogen-bond donors (Lipinski definition) is 1. The van der Waals surface area contributed by atoms with E-state index in [1.54, 1.807) is 0 Å². The summed E-state index contributed by atoms with van der Waals surface area (Å²) >= 11 is 0. The molecule has 1 fully saturated rings. The second-order valence-corrected chi connectivity index (χ2v) is 5.01. The molecule has 0 aromatic rings. The fourth-order valence-corrected chi connectivity index (χ4v) is 2.78. The van der Waals surface area contributed by atoms with E-state index in [1.165, 1.54) is 0 Å². The summed E-state index contributed by atoms with van der Waals surface area (Å²) in [6.07, 6.45) is 0.827. The van der Waals surface area contributed by atoms with Crippen LogP contribution in [0.5, 0.6) is 0 Å². The van der Waals surface area contributed by atoms with E-state index in [-0.39, 0.29) is 23.5 Å². The highest BCUT2D eigenvalue weighted by Gasteiger charge is 2.37. The van der Waals surface area contributed by atoms with Gasteiger partial charge in [-0.15, -0.1) is 0 Å². The predicted molar refractivity (Wildman–Crippen MR) is 44.9 cm³/mol. The zero-order valence-corrected chi connectivity index (χ0v) is 8.02. The maximum absolute atomic E-state index is 11.1. The summed E-state index contributed by atoms with van der Waals surface area (Å²) in [5, 5.41) is 0. The van der Waals surface area contributed by atoms with Crippen LogP contribution >= 0.6 is 0 Å². The van der Waals surface area contributed by atoms with Gasteiger partial charge >= 0.3 is 0 Å². The third-order valence-electron chi connectivity index (χ3n) is 2.32. The zero-order chi connectivity index (χ0) is 9.35. The van der Waals surface area contributed by atoms with Gasteiger partial charge in [0.05, 0.1) is 11.7 Å². The SMILES string of the molecule is CCC(C)C1CS(=O)(=O)NC1=O. The van der Waals surface area contributed by atoms with E-state index < -0.39 is 10.0 Å². The van der Waals surface area contributed by atoms with Crippen molar-refractivity contribution in [2.75, 3.05) is 5.75 Å². The normalized spacial score (nSPS) is 29.8. The van der Waals surface area contributed by atoms with E-state index >= 15 is 0 Å². The fraction of sp³-hybridized carbons (Fsp3) is 0.857. The van der Waals surface area contributed by atoms with Gasteiger partial charge in [0.25, 0.3) is 0 Å². The van der Waals surface area contributed by atoms with Gasteiger partial charge in [0, 0.05) is 0 Å². The van der Waals surface area contributed by atoms with Crippen molar-refractivity contribution >= 4 is 15.9 Å². The summed E-state index contributed by atoms with van der Waals surface area (Å²) < 4.78 is 23.9. The molecule has 1 N–H and O–H groups in total. The van der Waals surface area contributed by atoms with Crippen LogP contribution < -0.4 is 4.72 Å². The second kappa shape index (κ2) is 3.05. The molecule has 1 aliphatic heterocycles. The van der Waals surface area contributed by atoms with Crippen LogP contribution in [0.1, 0.15) is 20.3 Å². The Kier molecular flexibility index (Phi) is 2.41. The van der Waals surface area contributed by atoms with Gasteiger partial charge in [0.1, 0.15) is 0 Å². The van der Waals surface area contributed by atoms with Gasteiger partial charge in [-0.25, -0.2) is 8.42 Å². The van der Waals surface area contributed by atoms with Gasteiger partial charge in [-0.2, -0.15) is 0 Å². The van der Waals surface area contributed by atoms with Crippen molar-refractivity contribution in [2.24, 2.45) is 11.8 Å². The average molecular weight is 191 g/mol. The number of amides is 1. The summed E-state index contributed by atoms with van der Waals surface area (Å²) in [6.45, 7) is 3.84. The standard InChI is InChI=1S/C7H13NO3S/c1-3-5(2)6-4-12(10,11)8-7(6)9/h5-6H,3-4H2,1-2H3,(H,8,9). The van der Waals surface area contributed by atoms with E-state index in [1.807, 2.05) is 18.6 Å². The van der Waals surface area contributed by atoms with Crippen molar-refractivity contribution in [2.45, 2.75) is 20.3 Å². The van der Waals surface area contributed by atoms with Crippen LogP contribution in [-0.2, 0) is 14.8 Å². The molecule has 70 valence electrons. The Hall–Kier alpha value is -0.580. The highest BCUT2D eigenvalue weighted by Crippen LogP contribution is 2.21. The maximum Gasteiger partial charge on any atom is 0.237 e. The molecule has 0 aliphatic carbocycles. The van der Waals surface area contributed by atoms with Crippen LogP contribution in [-0.4, -0.2) is 20.1 Å². The molecule has 2 atom stereocenters. The van der Waals surface area contributed by atoms with Gasteiger partial charge in [0.15, 0.2) is 0 Å². The van der Waals surface area contributed by atoms with E-state index in [4.69, 9.17) is 0 Å². The predicted octanol–water partition coefficient (Wildman–Crippen LogP) is 0.108. The minimum absolute atomic E-state index is 0.0408. The number of nitrogens with one attached hydrogen (secondary N) is 1. The van der Waals surface area contributed by atoms with Crippen molar-refractivity contribution in [1.82, 2.24) is 4.72 Å². The fourth-order valence-electron chi connectivity index (χ4n) is 1.29. The molecule has 0 saturated carbocycles. The third-order valence-corrected chi connectivity index (χ3v) is 3.63. The lowest BCUT2D eigenvalue weighted by atomic mass is 9.93. The number of sulfonamides is 1. The van der Waals surface area contributed by atoms with E-state index in [9.17, 15) is 13.2 Å². The molecule has 0 bridgehead atoms. The molecule has 0 spiro atoms. The van der Waals surface area contributed by atoms with Gasteiger partial charge in [-0.1, -0.05) is 20.3 Å². The van der Waals surface area contributed by atoms with Crippen LogP contribution in [0.25, 0.3) is 0 Å². The Morgan fingerprint density at radius 3 is 2.58 bits per heavy atom. The summed E-state index contributed by atoms with van der Waals surface area (Å²) in [7, 11) is -3.30. The lowest BCUT2D eigenvalue weighted by Gasteiger charge is -2.11. The Labute approximate surface area is 72.4 Å². The monoisotopic (exact) mass is 191 g/mol. The molecule has 1 aliphatic rings. The lowest BCUT2D eigenvalue weighted by Crippen LogP contribution is -2.24. The smallest absolute Gasteiger partial charge is 0.237 e. The van der Waals surface area contributed by atoms with E-state index in [0.29, 0.717) is 0 Å². The van der Waals surface area contributed by atoms with Gasteiger partial charge in [-0.05, 0) is 5.92 Å². The van der Waals surface area contributed by atoms with Crippen molar-refractivity contribution in [1.29, 1.82) is 0 Å². The van der Waals surface area contributed by atoms with E-state index in [0.717, 1.165) is 6.42 Å². The Bertz CT molecular complexity index is 283. The highest BCUT2D eigenvalue weighted by molar-refractivity contribution is 7.90. The first-order valence-electron chi connectivity index (χ1n) is 4.00. The van der Waals surface area contributed by atoms with Crippen molar-refractivity contribution in [3.8, 4) is 0 Å². The minimum Gasteiger partial charge on any atom is -0.274 e. The highest BCUT2D eigenvalue weighted by atomic mass is 32.2. The first-order valence-corrected chi connectivity index (χ1v) is 5.66. The van der Waals surface area contributed by atoms with Gasteiger partial charge < -0.3 is 0 Å². The lowest BCUT2D eigenvalue weighted by molar-refractivity contribution is -0.123. The Morgan fingerprint density at radius 1 is 1.67 bits per heavy atom. The number of carbonyl (C=O) groups excluding carboxylic acids is 1. The summed E-state index contributed by atoms with van der Waals surface area (Å²) in [5.74, 6) is -0.590. The topological polar surface area (TPSA) is 63.2 Å². The van der Waals surface area contributed by atoms with Crippen LogP contribution in [0.3, 0.4) is 0 Å². The molecular weight excluding hydrogens is 178 g/mol. The summed E-state index contributed by atoms with van der Waals surface area (Å²) in [6, 6.07) is 0. The van der Waals surface area contributed by atoms with Crippen LogP contribution in [0.15, 0.2) is 0 Å². The molecule has 0 aromatic carbocycles. The second-order valence-electron chi connectivity index (χ2n) is 3.24. The molecule has 1 amide bonds. The summed E-state index contributed by atoms with van der Waals surface area (Å²) in [5.41, 5.74) is 0. The number of rotatable bonds is 2. The average Bonchev–Trinajstić information content (AvgIpc) is 2.23. The first-order chi connectivity index (χ1) is 5.46. The van der Waals surface area contributed by atoms with Crippen molar-refractivity contribution in [3.05, 3.63) is 0 Å². The molecule has 5 heteroatoms. The molecule has 0 radical (unpaired) electrons. The molecule has 1 rings (SSSR count). The molecule has 1 heterocycles. The van der Waals surface area contributed by atoms with Gasteiger partial charge in [0.2, 0.25) is 15.9 Å². The molecule has 2 unspecified atom stereocenters. The Morgan fingerprint density at radius 2 is 2.25 bits per heavy atom. The van der Waals surface area contributed by atoms with Crippen molar-refractivity contribution < 1.29 is 13.2 Å². The Balaban J connectivity index is 2.77. The first kappa shape index (κ1) is 9.51. The molecule has 0 aromatic heterocycles. The van der Waals surface area contributed by atoms with Crippen molar-refractivity contribution in [3.63, 3.8) is 0 Å². The van der Waals surface area contributed by atoms with Crippen LogP contribution in [0.4, 0.5) is 0 Å². The van der Waals surface area contributed by atoms with Crippen LogP contribution in [0, 0.1) is 11.8 Å². The van der Waals surface area contributed by atoms with E-state index in [2.05, 4.69) is 0 Å². The largest absolute Gasteiger partial charge is 0.274 e.